The molecule has 2 saturated heterocycles. The molecular weight excluding hydrogens is 392 g/mol. The third-order valence-electron chi connectivity index (χ3n) is 5.30. The molecule has 2 aromatic rings. The maximum atomic E-state index is 10.4. The van der Waals surface area contributed by atoms with Crippen LogP contribution in [0.2, 0.25) is 0 Å². The zero-order chi connectivity index (χ0) is 21.1. The SMILES string of the molecule is COc1ccc(C2OC[C@H]3OC(c4ccc(OC)cc4)O[C@@H]([C@@H](O)CO)[C@H]3O2)cc1. The van der Waals surface area contributed by atoms with Crippen molar-refractivity contribution < 1.29 is 38.6 Å². The zero-order valence-electron chi connectivity index (χ0n) is 16.8. The fourth-order valence-corrected chi connectivity index (χ4v) is 3.63. The van der Waals surface area contributed by atoms with Gasteiger partial charge in [-0.05, 0) is 24.3 Å². The lowest BCUT2D eigenvalue weighted by atomic mass is 9.99. The fourth-order valence-electron chi connectivity index (χ4n) is 3.63. The van der Waals surface area contributed by atoms with E-state index in [0.29, 0.717) is 5.75 Å². The van der Waals surface area contributed by atoms with Crippen LogP contribution in [0.3, 0.4) is 0 Å². The van der Waals surface area contributed by atoms with Crippen molar-refractivity contribution in [3.8, 4) is 11.5 Å². The topological polar surface area (TPSA) is 95.8 Å². The molecular formula is C22H26O8. The van der Waals surface area contributed by atoms with Gasteiger partial charge in [-0.15, -0.1) is 0 Å². The van der Waals surface area contributed by atoms with Crippen molar-refractivity contribution in [2.45, 2.75) is 37.0 Å². The summed E-state index contributed by atoms with van der Waals surface area (Å²) in [5.74, 6) is 1.44. The van der Waals surface area contributed by atoms with Crippen molar-refractivity contribution in [1.29, 1.82) is 0 Å². The molecule has 2 aliphatic rings. The molecule has 2 heterocycles. The number of hydrogen-bond acceptors (Lipinski definition) is 8. The average Bonchev–Trinajstić information content (AvgIpc) is 2.82. The van der Waals surface area contributed by atoms with Gasteiger partial charge in [0, 0.05) is 11.1 Å². The summed E-state index contributed by atoms with van der Waals surface area (Å²) >= 11 is 0. The van der Waals surface area contributed by atoms with Crippen LogP contribution in [-0.4, -0.2) is 62.1 Å². The Balaban J connectivity index is 1.52. The second-order valence-electron chi connectivity index (χ2n) is 7.17. The molecule has 2 aliphatic heterocycles. The van der Waals surface area contributed by atoms with E-state index in [9.17, 15) is 10.2 Å². The Labute approximate surface area is 174 Å². The smallest absolute Gasteiger partial charge is 0.184 e. The molecule has 30 heavy (non-hydrogen) atoms. The van der Waals surface area contributed by atoms with Crippen LogP contribution in [0.15, 0.2) is 48.5 Å². The number of aliphatic hydroxyl groups is 2. The van der Waals surface area contributed by atoms with Crippen molar-refractivity contribution in [2.75, 3.05) is 27.4 Å². The molecule has 2 unspecified atom stereocenters. The van der Waals surface area contributed by atoms with E-state index >= 15 is 0 Å². The van der Waals surface area contributed by atoms with Gasteiger partial charge in [-0.1, -0.05) is 24.3 Å². The number of ether oxygens (including phenoxy) is 6. The molecule has 0 spiro atoms. The molecule has 2 N–H and O–H groups in total. The van der Waals surface area contributed by atoms with Gasteiger partial charge in [-0.25, -0.2) is 0 Å². The monoisotopic (exact) mass is 418 g/mol. The molecule has 0 bridgehead atoms. The van der Waals surface area contributed by atoms with Gasteiger partial charge in [0.05, 0.1) is 27.4 Å². The quantitative estimate of drug-likeness (QED) is 0.735. The number of aliphatic hydroxyl groups excluding tert-OH is 2. The van der Waals surface area contributed by atoms with Crippen LogP contribution < -0.4 is 9.47 Å². The summed E-state index contributed by atoms with van der Waals surface area (Å²) in [4.78, 5) is 0. The summed E-state index contributed by atoms with van der Waals surface area (Å²) in [6.07, 6.45) is -4.36. The van der Waals surface area contributed by atoms with Crippen LogP contribution in [0.5, 0.6) is 11.5 Å². The van der Waals surface area contributed by atoms with Crippen LogP contribution in [0.25, 0.3) is 0 Å². The van der Waals surface area contributed by atoms with E-state index in [2.05, 4.69) is 0 Å². The molecule has 2 aromatic carbocycles. The maximum Gasteiger partial charge on any atom is 0.184 e. The minimum absolute atomic E-state index is 0.256. The van der Waals surface area contributed by atoms with Crippen LogP contribution in [-0.2, 0) is 18.9 Å². The fraction of sp³-hybridized carbons (Fsp3) is 0.455. The van der Waals surface area contributed by atoms with E-state index in [1.165, 1.54) is 0 Å². The Bertz CT molecular complexity index is 807. The molecule has 0 radical (unpaired) electrons. The molecule has 162 valence electrons. The van der Waals surface area contributed by atoms with Gasteiger partial charge in [-0.3, -0.25) is 0 Å². The van der Waals surface area contributed by atoms with E-state index in [1.54, 1.807) is 26.4 Å². The van der Waals surface area contributed by atoms with E-state index in [1.807, 2.05) is 36.4 Å². The van der Waals surface area contributed by atoms with Gasteiger partial charge in [-0.2, -0.15) is 0 Å². The summed E-state index contributed by atoms with van der Waals surface area (Å²) < 4.78 is 34.4. The molecule has 8 heteroatoms. The molecule has 8 nitrogen and oxygen atoms in total. The van der Waals surface area contributed by atoms with Crippen LogP contribution in [0.1, 0.15) is 23.7 Å². The van der Waals surface area contributed by atoms with Crippen molar-refractivity contribution in [3.05, 3.63) is 59.7 Å². The van der Waals surface area contributed by atoms with Gasteiger partial charge in [0.1, 0.15) is 35.9 Å². The third kappa shape index (κ3) is 4.29. The minimum Gasteiger partial charge on any atom is -0.497 e. The molecule has 0 aromatic heterocycles. The summed E-state index contributed by atoms with van der Waals surface area (Å²) in [5, 5.41) is 20.0. The lowest BCUT2D eigenvalue weighted by Gasteiger charge is -2.47. The second-order valence-corrected chi connectivity index (χ2v) is 7.17. The van der Waals surface area contributed by atoms with Gasteiger partial charge in [0.25, 0.3) is 0 Å². The van der Waals surface area contributed by atoms with Gasteiger partial charge >= 0.3 is 0 Å². The largest absolute Gasteiger partial charge is 0.497 e. The molecule has 4 rings (SSSR count). The minimum atomic E-state index is -1.13. The Morgan fingerprint density at radius 2 is 1.43 bits per heavy atom. The van der Waals surface area contributed by atoms with Crippen molar-refractivity contribution in [3.63, 3.8) is 0 Å². The first-order valence-corrected chi connectivity index (χ1v) is 9.77. The van der Waals surface area contributed by atoms with Crippen LogP contribution in [0.4, 0.5) is 0 Å². The summed E-state index contributed by atoms with van der Waals surface area (Å²) in [6, 6.07) is 14.6. The van der Waals surface area contributed by atoms with Crippen molar-refractivity contribution in [2.24, 2.45) is 0 Å². The number of benzene rings is 2. The lowest BCUT2D eigenvalue weighted by molar-refractivity contribution is -0.373. The summed E-state index contributed by atoms with van der Waals surface area (Å²) in [6.45, 7) is -0.202. The van der Waals surface area contributed by atoms with Crippen molar-refractivity contribution >= 4 is 0 Å². The van der Waals surface area contributed by atoms with E-state index in [-0.39, 0.29) is 6.61 Å². The first-order chi connectivity index (χ1) is 14.6. The highest BCUT2D eigenvalue weighted by atomic mass is 16.8. The standard InChI is InChI=1S/C22H26O8/c1-25-15-7-3-13(4-8-15)21-27-12-18-20(30-21)19(17(24)11-23)29-22(28-18)14-5-9-16(26-2)10-6-14/h3-10,17-24H,11-12H2,1-2H3/t17-,18+,19-,20-,21?,22?/m0/s1. The lowest BCUT2D eigenvalue weighted by Crippen LogP contribution is -2.58. The predicted octanol–water partition coefficient (Wildman–Crippen LogP) is 1.95. The normalized spacial score (nSPS) is 29.7. The second kappa shape index (κ2) is 9.30. The first-order valence-electron chi connectivity index (χ1n) is 9.77. The van der Waals surface area contributed by atoms with E-state index < -0.39 is 43.6 Å². The molecule has 6 atom stereocenters. The number of methoxy groups -OCH3 is 2. The zero-order valence-corrected chi connectivity index (χ0v) is 16.8. The Morgan fingerprint density at radius 3 is 1.97 bits per heavy atom. The van der Waals surface area contributed by atoms with Gasteiger partial charge < -0.3 is 38.6 Å². The predicted molar refractivity (Wildman–Crippen MR) is 105 cm³/mol. The Morgan fingerprint density at radius 1 is 0.867 bits per heavy atom. The molecule has 2 fully saturated rings. The van der Waals surface area contributed by atoms with Gasteiger partial charge in [0.2, 0.25) is 0 Å². The van der Waals surface area contributed by atoms with Gasteiger partial charge in [0.15, 0.2) is 12.6 Å². The number of hydrogen-bond donors (Lipinski definition) is 2. The summed E-state index contributed by atoms with van der Waals surface area (Å²) in [7, 11) is 3.20. The first kappa shape index (κ1) is 21.0. The highest BCUT2D eigenvalue weighted by Crippen LogP contribution is 2.39. The Hall–Kier alpha value is -2.20. The molecule has 0 amide bonds. The number of fused-ring (bicyclic) bond motifs is 1. The third-order valence-corrected chi connectivity index (χ3v) is 5.30. The maximum absolute atomic E-state index is 10.4. The number of rotatable bonds is 6. The average molecular weight is 418 g/mol. The molecule has 0 aliphatic carbocycles. The highest BCUT2D eigenvalue weighted by Gasteiger charge is 2.48. The van der Waals surface area contributed by atoms with Crippen LogP contribution >= 0.6 is 0 Å². The highest BCUT2D eigenvalue weighted by molar-refractivity contribution is 5.29. The van der Waals surface area contributed by atoms with Crippen molar-refractivity contribution in [1.82, 2.24) is 0 Å². The van der Waals surface area contributed by atoms with E-state index in [4.69, 9.17) is 28.4 Å². The summed E-state index contributed by atoms with van der Waals surface area (Å²) in [5.41, 5.74) is 1.57. The Kier molecular flexibility index (Phi) is 6.52. The van der Waals surface area contributed by atoms with E-state index in [0.717, 1.165) is 16.9 Å². The van der Waals surface area contributed by atoms with Crippen LogP contribution in [0, 0.1) is 0 Å². The molecule has 0 saturated carbocycles.